The molecule has 1 amide bonds. The van der Waals surface area contributed by atoms with E-state index in [-0.39, 0.29) is 17.4 Å². The van der Waals surface area contributed by atoms with Crippen molar-refractivity contribution >= 4 is 53.2 Å². The summed E-state index contributed by atoms with van der Waals surface area (Å²) in [6.07, 6.45) is -5.20. The van der Waals surface area contributed by atoms with Crippen molar-refractivity contribution in [3.8, 4) is 16.9 Å². The lowest BCUT2D eigenvalue weighted by molar-refractivity contribution is -0.282. The van der Waals surface area contributed by atoms with E-state index in [1.165, 1.54) is 43.0 Å². The van der Waals surface area contributed by atoms with E-state index in [1.54, 1.807) is 41.6 Å². The Balaban J connectivity index is 1.30. The first-order valence-electron chi connectivity index (χ1n) is 18.6. The van der Waals surface area contributed by atoms with Gasteiger partial charge in [0.15, 0.2) is 18.3 Å². The molecule has 314 valence electrons. The number of amides is 1. The summed E-state index contributed by atoms with van der Waals surface area (Å²) in [7, 11) is 1.08. The molecule has 4 aromatic rings. The Hall–Kier alpha value is -6.33. The van der Waals surface area contributed by atoms with E-state index in [4.69, 9.17) is 33.2 Å². The zero-order valence-corrected chi connectivity index (χ0v) is 33.9. The van der Waals surface area contributed by atoms with Crippen molar-refractivity contribution in [1.82, 2.24) is 4.98 Å². The average Bonchev–Trinajstić information content (AvgIpc) is 3.21. The lowest BCUT2D eigenvalue weighted by Gasteiger charge is -2.47. The third-order valence-corrected chi connectivity index (χ3v) is 10.8. The molecule has 2 fully saturated rings. The molecule has 17 heteroatoms. The number of aromatic nitrogens is 1. The second-order valence-electron chi connectivity index (χ2n) is 13.7. The maximum absolute atomic E-state index is 14.0. The van der Waals surface area contributed by atoms with Crippen molar-refractivity contribution in [2.75, 3.05) is 17.8 Å². The number of hydrogen-bond donors (Lipinski definition) is 0. The molecule has 2 aliphatic rings. The van der Waals surface area contributed by atoms with E-state index in [0.29, 0.717) is 16.8 Å². The first-order chi connectivity index (χ1) is 28.7. The van der Waals surface area contributed by atoms with Gasteiger partial charge in [-0.05, 0) is 64.7 Å². The SMILES string of the molecule is COC(=O)[C@H]1O[C@@H](Oc2ccc([C@@H]3[C@@H](SC[C@@H](OC(C)=O)c4ccc(F)cc4)C(=O)N3c3ccc(-c4cccnc4)cc3)cc2)[C@H](OC(C)=O)[C@@H](OC(C)=O)[C@@H]1OC(C)=O. The molecule has 0 spiro atoms. The number of esters is 5. The fraction of sp³-hybridized carbons (Fsp3) is 0.326. The van der Waals surface area contributed by atoms with Crippen LogP contribution in [0.25, 0.3) is 11.1 Å². The molecule has 2 saturated heterocycles. The summed E-state index contributed by atoms with van der Waals surface area (Å²) < 4.78 is 52.5. The van der Waals surface area contributed by atoms with Gasteiger partial charge in [0, 0.05) is 51.5 Å². The van der Waals surface area contributed by atoms with Gasteiger partial charge in [0.05, 0.1) is 13.2 Å². The number of halogens is 1. The third-order valence-electron chi connectivity index (χ3n) is 9.47. The molecule has 0 unspecified atom stereocenters. The Kier molecular flexibility index (Phi) is 13.8. The third kappa shape index (κ3) is 10.1. The van der Waals surface area contributed by atoms with Crippen molar-refractivity contribution in [3.63, 3.8) is 0 Å². The van der Waals surface area contributed by atoms with Crippen LogP contribution in [0, 0.1) is 5.82 Å². The quantitative estimate of drug-likeness (QED) is 0.0886. The number of methoxy groups -OCH3 is 1. The summed E-state index contributed by atoms with van der Waals surface area (Å²) >= 11 is 1.28. The van der Waals surface area contributed by atoms with Crippen LogP contribution < -0.4 is 9.64 Å². The monoisotopic (exact) mass is 844 g/mol. The summed E-state index contributed by atoms with van der Waals surface area (Å²) in [6, 6.07) is 22.8. The molecule has 1 aromatic heterocycles. The number of ether oxygens (including phenoxy) is 7. The summed E-state index contributed by atoms with van der Waals surface area (Å²) in [5.74, 6) is -4.32. The van der Waals surface area contributed by atoms with Crippen LogP contribution in [0.15, 0.2) is 97.3 Å². The maximum Gasteiger partial charge on any atom is 0.339 e. The van der Waals surface area contributed by atoms with Crippen LogP contribution in [0.2, 0.25) is 0 Å². The lowest BCUT2D eigenvalue weighted by atomic mass is 9.92. The van der Waals surface area contributed by atoms with E-state index in [2.05, 4.69) is 4.98 Å². The predicted octanol–water partition coefficient (Wildman–Crippen LogP) is 5.45. The van der Waals surface area contributed by atoms with Gasteiger partial charge >= 0.3 is 29.8 Å². The number of β-lactam (4-membered cyclic amide) rings is 1. The van der Waals surface area contributed by atoms with E-state index in [0.717, 1.165) is 39.0 Å². The van der Waals surface area contributed by atoms with Gasteiger partial charge in [0.2, 0.25) is 18.3 Å². The zero-order valence-electron chi connectivity index (χ0n) is 33.1. The molecule has 0 saturated carbocycles. The molecule has 0 aliphatic carbocycles. The van der Waals surface area contributed by atoms with E-state index in [9.17, 15) is 33.2 Å². The second-order valence-corrected chi connectivity index (χ2v) is 14.9. The summed E-state index contributed by atoms with van der Waals surface area (Å²) in [5, 5.41) is -0.646. The van der Waals surface area contributed by atoms with Gasteiger partial charge in [-0.1, -0.05) is 42.5 Å². The molecule has 15 nitrogen and oxygen atoms in total. The van der Waals surface area contributed by atoms with E-state index in [1.807, 2.05) is 36.4 Å². The van der Waals surface area contributed by atoms with Gasteiger partial charge in [-0.2, -0.15) is 0 Å². The van der Waals surface area contributed by atoms with Gasteiger partial charge in [0.1, 0.15) is 22.9 Å². The topological polar surface area (TPSA) is 183 Å². The number of anilines is 1. The van der Waals surface area contributed by atoms with Crippen molar-refractivity contribution < 1.29 is 66.3 Å². The highest BCUT2D eigenvalue weighted by atomic mass is 32.2. The van der Waals surface area contributed by atoms with E-state index < -0.39 is 83.8 Å². The second kappa shape index (κ2) is 19.2. The van der Waals surface area contributed by atoms with Crippen LogP contribution in [0.3, 0.4) is 0 Å². The minimum absolute atomic E-state index is 0.158. The van der Waals surface area contributed by atoms with Crippen LogP contribution in [0.1, 0.15) is 51.0 Å². The van der Waals surface area contributed by atoms with Gasteiger partial charge in [-0.3, -0.25) is 29.0 Å². The number of carbonyl (C=O) groups is 6. The number of hydrogen-bond acceptors (Lipinski definition) is 15. The summed E-state index contributed by atoms with van der Waals surface area (Å²) in [4.78, 5) is 81.4. The fourth-order valence-corrected chi connectivity index (χ4v) is 8.26. The minimum Gasteiger partial charge on any atom is -0.467 e. The normalized spacial score (nSPS) is 22.7. The molecule has 2 aliphatic heterocycles. The van der Waals surface area contributed by atoms with Crippen LogP contribution >= 0.6 is 11.8 Å². The maximum atomic E-state index is 14.0. The fourth-order valence-electron chi connectivity index (χ4n) is 6.90. The Labute approximate surface area is 348 Å². The molecule has 6 rings (SSSR count). The smallest absolute Gasteiger partial charge is 0.339 e. The number of pyridine rings is 1. The predicted molar refractivity (Wildman–Crippen MR) is 211 cm³/mol. The number of rotatable bonds is 14. The number of thioether (sulfide) groups is 1. The standard InChI is InChI=1S/C43H41FN2O13S/c1-23(47)54-34(28-8-14-31(44)15-9-28)22-60-40-35(46(41(40)51)32-16-10-27(11-17-32)30-7-6-20-45-21-30)29-12-18-33(19-13-29)58-43-39(57-26(4)50)37(56-25(3)49)36(55-24(2)48)38(59-43)42(52)53-5/h6-21,34-40,43H,22H2,1-5H3/t34-,35-,36+,37+,38+,39-,40-,43-/m1/s1. The molecule has 3 aromatic carbocycles. The Bertz CT molecular complexity index is 2190. The highest BCUT2D eigenvalue weighted by Gasteiger charge is 2.56. The number of benzene rings is 3. The molecule has 60 heavy (non-hydrogen) atoms. The summed E-state index contributed by atoms with van der Waals surface area (Å²) in [6.45, 7) is 4.54. The minimum atomic E-state index is -1.65. The summed E-state index contributed by atoms with van der Waals surface area (Å²) in [5.41, 5.74) is 3.66. The van der Waals surface area contributed by atoms with Gasteiger partial charge < -0.3 is 38.1 Å². The largest absolute Gasteiger partial charge is 0.467 e. The van der Waals surface area contributed by atoms with Gasteiger partial charge in [0.25, 0.3) is 0 Å². The van der Waals surface area contributed by atoms with Crippen molar-refractivity contribution in [2.45, 2.75) is 75.8 Å². The van der Waals surface area contributed by atoms with Crippen molar-refractivity contribution in [2.24, 2.45) is 0 Å². The molecule has 0 bridgehead atoms. The number of carbonyl (C=O) groups excluding carboxylic acids is 6. The van der Waals surface area contributed by atoms with Crippen molar-refractivity contribution in [3.05, 3.63) is 114 Å². The average molecular weight is 845 g/mol. The lowest BCUT2D eigenvalue weighted by Crippen LogP contribution is -2.64. The molecular weight excluding hydrogens is 804 g/mol. The zero-order chi connectivity index (χ0) is 43.1. The molecule has 3 heterocycles. The van der Waals surface area contributed by atoms with Crippen LogP contribution in [0.5, 0.6) is 5.75 Å². The van der Waals surface area contributed by atoms with Crippen LogP contribution in [-0.4, -0.2) is 89.6 Å². The molecular formula is C43H41FN2O13S. The molecule has 8 atom stereocenters. The Morgan fingerprint density at radius 2 is 1.42 bits per heavy atom. The van der Waals surface area contributed by atoms with Crippen molar-refractivity contribution in [1.29, 1.82) is 0 Å². The Morgan fingerprint density at radius 3 is 2.00 bits per heavy atom. The first kappa shape index (κ1) is 43.3. The highest BCUT2D eigenvalue weighted by Crippen LogP contribution is 2.47. The number of nitrogens with zero attached hydrogens (tertiary/aromatic N) is 2. The Morgan fingerprint density at radius 1 is 0.783 bits per heavy atom. The van der Waals surface area contributed by atoms with Crippen LogP contribution in [0.4, 0.5) is 10.1 Å². The van der Waals surface area contributed by atoms with Crippen LogP contribution in [-0.2, 0) is 57.2 Å². The van der Waals surface area contributed by atoms with Gasteiger partial charge in [-0.25, -0.2) is 9.18 Å². The van der Waals surface area contributed by atoms with E-state index >= 15 is 0 Å². The van der Waals surface area contributed by atoms with Gasteiger partial charge in [-0.15, -0.1) is 11.8 Å². The molecule has 0 radical (unpaired) electrons. The molecule has 0 N–H and O–H groups in total. The highest BCUT2D eigenvalue weighted by molar-refractivity contribution is 8.00. The first-order valence-corrected chi connectivity index (χ1v) is 19.7.